The Labute approximate surface area is 170 Å². The summed E-state index contributed by atoms with van der Waals surface area (Å²) in [7, 11) is 0. The first-order chi connectivity index (χ1) is 12.3. The van der Waals surface area contributed by atoms with Gasteiger partial charge in [0, 0.05) is 26.1 Å². The van der Waals surface area contributed by atoms with E-state index in [4.69, 9.17) is 13.9 Å². The number of nitrogens with one attached hydrogen (secondary N) is 2. The molecule has 0 aliphatic carbocycles. The number of nitrogens with zero attached hydrogens (tertiary/aromatic N) is 1. The average Bonchev–Trinajstić information content (AvgIpc) is 3.30. The number of hydrogen-bond acceptors (Lipinski definition) is 4. The third-order valence-electron chi connectivity index (χ3n) is 3.77. The monoisotopic (exact) mass is 469 g/mol. The number of aliphatic imine (C=N–C) groups is 1. The van der Waals surface area contributed by atoms with E-state index in [0.29, 0.717) is 19.9 Å². The lowest BCUT2D eigenvalue weighted by atomic mass is 10.1. The largest absolute Gasteiger partial charge is 0.469 e. The third kappa shape index (κ3) is 5.98. The summed E-state index contributed by atoms with van der Waals surface area (Å²) < 4.78 is 16.1. The Kier molecular flexibility index (Phi) is 8.33. The Hall–Kier alpha value is -2.16. The summed E-state index contributed by atoms with van der Waals surface area (Å²) in [5.41, 5.74) is 1.19. The number of hydrogen-bond donors (Lipinski definition) is 2. The van der Waals surface area contributed by atoms with Crippen LogP contribution in [-0.2, 0) is 12.8 Å². The summed E-state index contributed by atoms with van der Waals surface area (Å²) in [6.45, 7) is 6.12. The van der Waals surface area contributed by atoms with Crippen LogP contribution in [0, 0.1) is 0 Å². The lowest BCUT2D eigenvalue weighted by molar-refractivity contribution is 0.174. The van der Waals surface area contributed by atoms with E-state index in [1.54, 1.807) is 6.26 Å². The van der Waals surface area contributed by atoms with Crippen molar-refractivity contribution in [3.05, 3.63) is 60.6 Å². The highest BCUT2D eigenvalue weighted by Crippen LogP contribution is 2.32. The molecule has 0 fully saturated rings. The molecule has 0 spiro atoms. The first-order valence-corrected chi connectivity index (χ1v) is 8.39. The number of benzene rings is 1. The van der Waals surface area contributed by atoms with Gasteiger partial charge in [-0.15, -0.1) is 30.6 Å². The van der Waals surface area contributed by atoms with Crippen molar-refractivity contribution in [3.8, 4) is 11.5 Å². The predicted molar refractivity (Wildman–Crippen MR) is 113 cm³/mol. The molecule has 26 heavy (non-hydrogen) atoms. The average molecular weight is 469 g/mol. The van der Waals surface area contributed by atoms with Gasteiger partial charge in [-0.2, -0.15) is 0 Å². The van der Waals surface area contributed by atoms with Gasteiger partial charge in [-0.1, -0.05) is 12.1 Å². The molecule has 0 unspecified atom stereocenters. The zero-order chi connectivity index (χ0) is 17.3. The van der Waals surface area contributed by atoms with E-state index < -0.39 is 0 Å². The highest BCUT2D eigenvalue weighted by Gasteiger charge is 2.12. The van der Waals surface area contributed by atoms with Crippen molar-refractivity contribution in [2.24, 2.45) is 4.99 Å². The maximum Gasteiger partial charge on any atom is 0.231 e. The van der Waals surface area contributed by atoms with Gasteiger partial charge < -0.3 is 24.5 Å². The van der Waals surface area contributed by atoms with Crippen molar-refractivity contribution in [3.63, 3.8) is 0 Å². The Morgan fingerprint density at radius 3 is 2.85 bits per heavy atom. The van der Waals surface area contributed by atoms with E-state index in [1.807, 2.05) is 30.3 Å². The Morgan fingerprint density at radius 1 is 1.15 bits per heavy atom. The van der Waals surface area contributed by atoms with Crippen LogP contribution < -0.4 is 20.1 Å². The summed E-state index contributed by atoms with van der Waals surface area (Å²) in [5.74, 6) is 3.33. The third-order valence-corrected chi connectivity index (χ3v) is 3.77. The van der Waals surface area contributed by atoms with E-state index in [2.05, 4.69) is 28.3 Å². The van der Waals surface area contributed by atoms with Gasteiger partial charge >= 0.3 is 0 Å². The van der Waals surface area contributed by atoms with Crippen LogP contribution in [0.2, 0.25) is 0 Å². The molecule has 2 aromatic rings. The predicted octanol–water partition coefficient (Wildman–Crippen LogP) is 3.13. The first kappa shape index (κ1) is 20.2. The summed E-state index contributed by atoms with van der Waals surface area (Å²) >= 11 is 0. The smallest absolute Gasteiger partial charge is 0.231 e. The minimum Gasteiger partial charge on any atom is -0.469 e. The van der Waals surface area contributed by atoms with Crippen LogP contribution in [0.15, 0.2) is 58.7 Å². The van der Waals surface area contributed by atoms with Gasteiger partial charge in [-0.05, 0) is 36.2 Å². The standard InChI is InChI=1S/C19H23N3O3.HI/c1-2-9-20-19(22-11-8-16-4-3-12-23-16)21-10-7-15-5-6-17-18(13-15)25-14-24-17;/h2-6,12-13H,1,7-11,14H2,(H2,20,21,22);1H. The van der Waals surface area contributed by atoms with E-state index in [1.165, 1.54) is 5.56 Å². The van der Waals surface area contributed by atoms with Gasteiger partial charge in [0.25, 0.3) is 0 Å². The van der Waals surface area contributed by atoms with Crippen molar-refractivity contribution in [1.29, 1.82) is 0 Å². The molecule has 0 amide bonds. The van der Waals surface area contributed by atoms with Gasteiger partial charge in [0.2, 0.25) is 6.79 Å². The lowest BCUT2D eigenvalue weighted by Gasteiger charge is -2.11. The van der Waals surface area contributed by atoms with Crippen LogP contribution >= 0.6 is 24.0 Å². The van der Waals surface area contributed by atoms with Crippen molar-refractivity contribution in [2.75, 3.05) is 26.4 Å². The molecule has 6 nitrogen and oxygen atoms in total. The maximum atomic E-state index is 5.41. The Balaban J connectivity index is 0.00000243. The fraction of sp³-hybridized carbons (Fsp3) is 0.316. The molecule has 0 radical (unpaired) electrons. The van der Waals surface area contributed by atoms with Crippen molar-refractivity contribution in [2.45, 2.75) is 12.8 Å². The van der Waals surface area contributed by atoms with Crippen molar-refractivity contribution >= 4 is 29.9 Å². The number of fused-ring (bicyclic) bond motifs is 1. The molecule has 7 heteroatoms. The molecule has 1 aliphatic rings. The molecule has 1 aliphatic heterocycles. The summed E-state index contributed by atoms with van der Waals surface area (Å²) in [5, 5.41) is 6.56. The summed E-state index contributed by atoms with van der Waals surface area (Å²) in [4.78, 5) is 4.57. The van der Waals surface area contributed by atoms with E-state index in [9.17, 15) is 0 Å². The minimum atomic E-state index is 0. The maximum absolute atomic E-state index is 5.41. The van der Waals surface area contributed by atoms with Gasteiger partial charge in [-0.3, -0.25) is 4.99 Å². The van der Waals surface area contributed by atoms with Gasteiger partial charge in [0.05, 0.1) is 6.26 Å². The van der Waals surface area contributed by atoms with Gasteiger partial charge in [0.15, 0.2) is 17.5 Å². The lowest BCUT2D eigenvalue weighted by Crippen LogP contribution is -2.38. The highest BCUT2D eigenvalue weighted by atomic mass is 127. The second kappa shape index (κ2) is 10.7. The van der Waals surface area contributed by atoms with Crippen LogP contribution in [0.4, 0.5) is 0 Å². The van der Waals surface area contributed by atoms with Crippen molar-refractivity contribution < 1.29 is 13.9 Å². The SMILES string of the molecule is C=CCNC(=NCCc1ccco1)NCCc1ccc2c(c1)OCO2.I. The number of halogens is 1. The zero-order valence-corrected chi connectivity index (χ0v) is 16.9. The highest BCUT2D eigenvalue weighted by molar-refractivity contribution is 14.0. The van der Waals surface area contributed by atoms with E-state index in [-0.39, 0.29) is 24.0 Å². The van der Waals surface area contributed by atoms with Crippen LogP contribution in [-0.4, -0.2) is 32.4 Å². The fourth-order valence-electron chi connectivity index (χ4n) is 2.50. The summed E-state index contributed by atoms with van der Waals surface area (Å²) in [6.07, 6.45) is 5.13. The van der Waals surface area contributed by atoms with Crippen LogP contribution in [0.3, 0.4) is 0 Å². The molecule has 3 rings (SSSR count). The molecule has 0 saturated heterocycles. The molecular weight excluding hydrogens is 445 g/mol. The van der Waals surface area contributed by atoms with Crippen LogP contribution in [0.1, 0.15) is 11.3 Å². The van der Waals surface area contributed by atoms with Crippen molar-refractivity contribution in [1.82, 2.24) is 10.6 Å². The molecule has 0 bridgehead atoms. The number of furan rings is 1. The summed E-state index contributed by atoms with van der Waals surface area (Å²) in [6, 6.07) is 9.87. The molecule has 2 N–H and O–H groups in total. The van der Waals surface area contributed by atoms with E-state index in [0.717, 1.165) is 42.6 Å². The Morgan fingerprint density at radius 2 is 2.04 bits per heavy atom. The Bertz CT molecular complexity index is 717. The van der Waals surface area contributed by atoms with Crippen LogP contribution in [0.25, 0.3) is 0 Å². The number of guanidine groups is 1. The van der Waals surface area contributed by atoms with Gasteiger partial charge in [0.1, 0.15) is 5.76 Å². The van der Waals surface area contributed by atoms with Crippen LogP contribution in [0.5, 0.6) is 11.5 Å². The normalized spacial score (nSPS) is 12.4. The van der Waals surface area contributed by atoms with E-state index >= 15 is 0 Å². The second-order valence-corrected chi connectivity index (χ2v) is 5.59. The zero-order valence-electron chi connectivity index (χ0n) is 14.6. The molecule has 1 aromatic carbocycles. The molecule has 0 saturated carbocycles. The molecule has 1 aromatic heterocycles. The number of rotatable bonds is 8. The number of ether oxygens (including phenoxy) is 2. The molecule has 140 valence electrons. The first-order valence-electron chi connectivity index (χ1n) is 8.39. The topological polar surface area (TPSA) is 68.0 Å². The van der Waals surface area contributed by atoms with Gasteiger partial charge in [-0.25, -0.2) is 0 Å². The quantitative estimate of drug-likeness (QED) is 0.269. The molecule has 2 heterocycles. The molecular formula is C19H24IN3O3. The second-order valence-electron chi connectivity index (χ2n) is 5.59. The molecule has 0 atom stereocenters. The fourth-order valence-corrected chi connectivity index (χ4v) is 2.50. The minimum absolute atomic E-state index is 0.